The van der Waals surface area contributed by atoms with E-state index in [1.807, 2.05) is 30.3 Å². The molecule has 4 saturated carbocycles. The number of rotatable bonds is 2. The van der Waals surface area contributed by atoms with Crippen molar-refractivity contribution < 1.29 is 9.53 Å². The molecule has 1 aromatic rings. The largest absolute Gasteiger partial charge is 0.426 e. The van der Waals surface area contributed by atoms with E-state index < -0.39 is 0 Å². The van der Waals surface area contributed by atoms with Crippen molar-refractivity contribution >= 4 is 21.9 Å². The Balaban J connectivity index is 1.60. The molecule has 0 spiro atoms. The van der Waals surface area contributed by atoms with Crippen LogP contribution in [0.3, 0.4) is 0 Å². The molecule has 0 heterocycles. The second-order valence-electron chi connectivity index (χ2n) is 7.09. The normalized spacial score (nSPS) is 41.6. The van der Waals surface area contributed by atoms with Gasteiger partial charge in [-0.05, 0) is 62.5 Å². The second kappa shape index (κ2) is 4.33. The van der Waals surface area contributed by atoms with Gasteiger partial charge in [0.1, 0.15) is 5.75 Å². The molecule has 0 N–H and O–H groups in total. The van der Waals surface area contributed by atoms with E-state index in [-0.39, 0.29) is 15.7 Å². The maximum Gasteiger partial charge on any atom is 0.317 e. The number of benzene rings is 1. The number of carbonyl (C=O) groups is 1. The van der Waals surface area contributed by atoms with Gasteiger partial charge in [-0.25, -0.2) is 0 Å². The molecule has 0 aliphatic heterocycles. The molecular weight excluding hydrogens is 316 g/mol. The Bertz CT molecular complexity index is 525. The molecule has 3 heteroatoms. The first kappa shape index (κ1) is 12.9. The van der Waals surface area contributed by atoms with Gasteiger partial charge in [0, 0.05) is 4.32 Å². The van der Waals surface area contributed by atoms with Gasteiger partial charge in [-0.1, -0.05) is 34.1 Å². The Labute approximate surface area is 128 Å². The summed E-state index contributed by atoms with van der Waals surface area (Å²) in [5, 5.41) is 0. The van der Waals surface area contributed by atoms with Crippen LogP contribution in [0, 0.1) is 17.3 Å². The molecule has 0 saturated heterocycles. The fraction of sp³-hybridized carbons (Fsp3) is 0.588. The Morgan fingerprint density at radius 2 is 1.75 bits per heavy atom. The lowest BCUT2D eigenvalue weighted by atomic mass is 9.49. The van der Waals surface area contributed by atoms with Crippen molar-refractivity contribution in [3.63, 3.8) is 0 Å². The molecule has 1 aromatic carbocycles. The van der Waals surface area contributed by atoms with Gasteiger partial charge in [0.2, 0.25) is 0 Å². The highest BCUT2D eigenvalue weighted by Gasteiger charge is 2.60. The number of halogens is 1. The molecule has 106 valence electrons. The van der Waals surface area contributed by atoms with Crippen molar-refractivity contribution in [2.75, 3.05) is 0 Å². The zero-order valence-corrected chi connectivity index (χ0v) is 13.1. The van der Waals surface area contributed by atoms with Crippen LogP contribution < -0.4 is 4.74 Å². The smallest absolute Gasteiger partial charge is 0.317 e. The number of carbonyl (C=O) groups excluding carboxylic acids is 1. The Morgan fingerprint density at radius 1 is 1.10 bits per heavy atom. The summed E-state index contributed by atoms with van der Waals surface area (Å²) in [5.41, 5.74) is -0.233. The van der Waals surface area contributed by atoms with Crippen LogP contribution in [-0.2, 0) is 4.79 Å². The van der Waals surface area contributed by atoms with Crippen LogP contribution in [-0.4, -0.2) is 10.3 Å². The molecule has 4 fully saturated rings. The number of hydrogen-bond donors (Lipinski definition) is 0. The highest BCUT2D eigenvalue weighted by Crippen LogP contribution is 2.64. The van der Waals surface area contributed by atoms with Gasteiger partial charge in [0.15, 0.2) is 0 Å². The third kappa shape index (κ3) is 2.02. The van der Waals surface area contributed by atoms with E-state index in [9.17, 15) is 4.79 Å². The van der Waals surface area contributed by atoms with Crippen LogP contribution in [0.15, 0.2) is 30.3 Å². The summed E-state index contributed by atoms with van der Waals surface area (Å²) in [7, 11) is 0. The SMILES string of the molecule is O=C(Oc1ccccc1)C12C[C@@H]3C[C@@H](CC(Br)(C3)C1)C2. The van der Waals surface area contributed by atoms with Crippen molar-refractivity contribution in [2.45, 2.75) is 42.8 Å². The molecule has 4 atom stereocenters. The molecular formula is C17H19BrO2. The number of ether oxygens (including phenoxy) is 1. The molecule has 0 aromatic heterocycles. The lowest BCUT2D eigenvalue weighted by molar-refractivity contribution is -0.159. The molecule has 0 amide bonds. The lowest BCUT2D eigenvalue weighted by Crippen LogP contribution is -2.56. The van der Waals surface area contributed by atoms with Crippen LogP contribution >= 0.6 is 15.9 Å². The fourth-order valence-electron chi connectivity index (χ4n) is 5.09. The van der Waals surface area contributed by atoms with Gasteiger partial charge >= 0.3 is 5.97 Å². The monoisotopic (exact) mass is 334 g/mol. The molecule has 20 heavy (non-hydrogen) atoms. The average Bonchev–Trinajstić information content (AvgIpc) is 2.37. The summed E-state index contributed by atoms with van der Waals surface area (Å²) < 4.78 is 5.89. The summed E-state index contributed by atoms with van der Waals surface area (Å²) in [6, 6.07) is 9.49. The minimum Gasteiger partial charge on any atom is -0.426 e. The zero-order chi connectivity index (χ0) is 13.8. The molecule has 4 aliphatic rings. The molecule has 2 nitrogen and oxygen atoms in total. The van der Waals surface area contributed by atoms with E-state index in [2.05, 4.69) is 15.9 Å². The highest BCUT2D eigenvalue weighted by molar-refractivity contribution is 9.10. The van der Waals surface area contributed by atoms with E-state index in [4.69, 9.17) is 4.74 Å². The standard InChI is InChI=1S/C17H19BrO2/c18-17-9-12-6-13(10-17)8-16(7-12,11-17)15(19)20-14-4-2-1-3-5-14/h1-5,12-13H,6-11H2/t12-,13+,16?,17?. The van der Waals surface area contributed by atoms with Gasteiger partial charge in [-0.15, -0.1) is 0 Å². The first-order chi connectivity index (χ1) is 9.57. The van der Waals surface area contributed by atoms with E-state index in [0.717, 1.165) is 19.3 Å². The van der Waals surface area contributed by atoms with Crippen molar-refractivity contribution in [3.8, 4) is 5.75 Å². The number of hydrogen-bond acceptors (Lipinski definition) is 2. The van der Waals surface area contributed by atoms with Gasteiger partial charge in [0.05, 0.1) is 5.41 Å². The van der Waals surface area contributed by atoms with Crippen molar-refractivity contribution in [3.05, 3.63) is 30.3 Å². The maximum atomic E-state index is 12.8. The van der Waals surface area contributed by atoms with Crippen LogP contribution in [0.1, 0.15) is 38.5 Å². The zero-order valence-electron chi connectivity index (χ0n) is 11.5. The minimum atomic E-state index is -0.233. The van der Waals surface area contributed by atoms with Gasteiger partial charge < -0.3 is 4.74 Å². The minimum absolute atomic E-state index is 0.00150. The fourth-order valence-corrected chi connectivity index (χ4v) is 6.55. The average molecular weight is 335 g/mol. The second-order valence-corrected chi connectivity index (χ2v) is 8.78. The Morgan fingerprint density at radius 3 is 2.35 bits per heavy atom. The Hall–Kier alpha value is -0.830. The summed E-state index contributed by atoms with van der Waals surface area (Å²) in [6.45, 7) is 0. The van der Waals surface area contributed by atoms with E-state index in [0.29, 0.717) is 17.6 Å². The summed E-state index contributed by atoms with van der Waals surface area (Å²) in [4.78, 5) is 12.8. The van der Waals surface area contributed by atoms with Crippen LogP contribution in [0.25, 0.3) is 0 Å². The van der Waals surface area contributed by atoms with Crippen LogP contribution in [0.5, 0.6) is 5.75 Å². The molecule has 0 radical (unpaired) electrons. The first-order valence-corrected chi connectivity index (χ1v) is 8.33. The number of alkyl halides is 1. The third-order valence-corrected chi connectivity index (χ3v) is 6.30. The van der Waals surface area contributed by atoms with Crippen molar-refractivity contribution in [2.24, 2.45) is 17.3 Å². The quantitative estimate of drug-likeness (QED) is 0.457. The van der Waals surface area contributed by atoms with Crippen LogP contribution in [0.2, 0.25) is 0 Å². The van der Waals surface area contributed by atoms with Gasteiger partial charge in [0.25, 0.3) is 0 Å². The summed E-state index contributed by atoms with van der Waals surface area (Å²) in [5.74, 6) is 2.09. The molecule has 4 aliphatic carbocycles. The van der Waals surface area contributed by atoms with E-state index >= 15 is 0 Å². The summed E-state index contributed by atoms with van der Waals surface area (Å²) in [6.07, 6.45) is 6.81. The molecule has 4 bridgehead atoms. The maximum absolute atomic E-state index is 12.8. The van der Waals surface area contributed by atoms with Crippen LogP contribution in [0.4, 0.5) is 0 Å². The molecule has 5 rings (SSSR count). The topological polar surface area (TPSA) is 26.3 Å². The predicted octanol–water partition coefficient (Wildman–Crippen LogP) is 4.33. The lowest BCUT2D eigenvalue weighted by Gasteiger charge is -2.58. The number of esters is 1. The van der Waals surface area contributed by atoms with E-state index in [1.165, 1.54) is 19.3 Å². The van der Waals surface area contributed by atoms with E-state index in [1.54, 1.807) is 0 Å². The van der Waals surface area contributed by atoms with Gasteiger partial charge in [-0.3, -0.25) is 4.79 Å². The first-order valence-electron chi connectivity index (χ1n) is 7.53. The van der Waals surface area contributed by atoms with Crippen molar-refractivity contribution in [1.82, 2.24) is 0 Å². The van der Waals surface area contributed by atoms with Gasteiger partial charge in [-0.2, -0.15) is 0 Å². The highest BCUT2D eigenvalue weighted by atomic mass is 79.9. The summed E-state index contributed by atoms with van der Waals surface area (Å²) >= 11 is 3.94. The molecule has 2 unspecified atom stereocenters. The Kier molecular flexibility index (Phi) is 2.79. The number of para-hydroxylation sites is 1. The van der Waals surface area contributed by atoms with Crippen molar-refractivity contribution in [1.29, 1.82) is 0 Å². The predicted molar refractivity (Wildman–Crippen MR) is 80.9 cm³/mol. The third-order valence-electron chi connectivity index (χ3n) is 5.38.